The number of nitro groups is 1. The van der Waals surface area contributed by atoms with Gasteiger partial charge < -0.3 is 15.1 Å². The molecule has 1 aromatic rings. The third-order valence-corrected chi connectivity index (χ3v) is 3.83. The Kier molecular flexibility index (Phi) is 4.56. The van der Waals surface area contributed by atoms with Gasteiger partial charge in [0.15, 0.2) is 0 Å². The van der Waals surface area contributed by atoms with E-state index in [1.54, 1.807) is 14.0 Å². The van der Waals surface area contributed by atoms with Crippen LogP contribution in [0.15, 0.2) is 0 Å². The number of likely N-dealkylation sites (tertiary alicyclic amines) is 1. The van der Waals surface area contributed by atoms with E-state index in [1.165, 1.54) is 0 Å². The van der Waals surface area contributed by atoms with Gasteiger partial charge in [0.05, 0.1) is 4.92 Å². The van der Waals surface area contributed by atoms with Crippen LogP contribution in [0.1, 0.15) is 12.1 Å². The molecule has 0 bridgehead atoms. The first-order valence-electron chi connectivity index (χ1n) is 7.02. The summed E-state index contributed by atoms with van der Waals surface area (Å²) < 4.78 is 0. The second-order valence-electron chi connectivity index (χ2n) is 5.61. The highest BCUT2D eigenvalue weighted by atomic mass is 16.6. The number of aryl methyl sites for hydroxylation is 1. The molecule has 2 rings (SSSR count). The minimum atomic E-state index is -0.401. The van der Waals surface area contributed by atoms with Crippen LogP contribution in [-0.2, 0) is 0 Å². The Bertz CT molecular complexity index is 536. The van der Waals surface area contributed by atoms with E-state index in [2.05, 4.69) is 27.2 Å². The van der Waals surface area contributed by atoms with E-state index >= 15 is 0 Å². The topological polar surface area (TPSA) is 87.4 Å². The molecular formula is C13H22N6O2. The molecule has 1 aliphatic rings. The Morgan fingerprint density at radius 2 is 2.24 bits per heavy atom. The second-order valence-corrected chi connectivity index (χ2v) is 5.61. The Hall–Kier alpha value is -1.96. The normalized spacial score (nSPS) is 18.8. The van der Waals surface area contributed by atoms with Crippen molar-refractivity contribution in [3.05, 3.63) is 15.8 Å². The van der Waals surface area contributed by atoms with Crippen LogP contribution < -0.4 is 10.2 Å². The summed E-state index contributed by atoms with van der Waals surface area (Å²) in [6, 6.07) is 0. The molecule has 0 aliphatic carbocycles. The van der Waals surface area contributed by atoms with Crippen LogP contribution in [0.4, 0.5) is 17.5 Å². The quantitative estimate of drug-likeness (QED) is 0.643. The van der Waals surface area contributed by atoms with Crippen molar-refractivity contribution in [3.8, 4) is 0 Å². The van der Waals surface area contributed by atoms with Gasteiger partial charge in [-0.25, -0.2) is 4.98 Å². The maximum Gasteiger partial charge on any atom is 0.332 e. The molecule has 1 fully saturated rings. The Balaban J connectivity index is 2.27. The van der Waals surface area contributed by atoms with Crippen molar-refractivity contribution >= 4 is 17.5 Å². The van der Waals surface area contributed by atoms with Crippen LogP contribution in [0.2, 0.25) is 0 Å². The summed E-state index contributed by atoms with van der Waals surface area (Å²) in [7, 11) is 5.65. The SMILES string of the molecule is CNc1nc(C)c([N+](=O)[O-])c(N(C)CC2CCN(C)C2)n1. The maximum atomic E-state index is 11.3. The van der Waals surface area contributed by atoms with E-state index in [0.29, 0.717) is 23.4 Å². The van der Waals surface area contributed by atoms with Gasteiger partial charge in [-0.2, -0.15) is 4.98 Å². The average molecular weight is 294 g/mol. The fourth-order valence-electron chi connectivity index (χ4n) is 2.79. The molecule has 0 radical (unpaired) electrons. The number of rotatable bonds is 5. The predicted molar refractivity (Wildman–Crippen MR) is 81.8 cm³/mol. The first kappa shape index (κ1) is 15.4. The van der Waals surface area contributed by atoms with Gasteiger partial charge in [-0.05, 0) is 32.9 Å². The highest BCUT2D eigenvalue weighted by molar-refractivity contribution is 5.62. The monoisotopic (exact) mass is 294 g/mol. The zero-order valence-electron chi connectivity index (χ0n) is 13.0. The minimum Gasteiger partial charge on any atom is -0.357 e. The lowest BCUT2D eigenvalue weighted by Crippen LogP contribution is -2.29. The van der Waals surface area contributed by atoms with Crippen LogP contribution in [0.3, 0.4) is 0 Å². The molecular weight excluding hydrogens is 272 g/mol. The maximum absolute atomic E-state index is 11.3. The second kappa shape index (κ2) is 6.21. The Morgan fingerprint density at radius 1 is 1.52 bits per heavy atom. The molecule has 1 N–H and O–H groups in total. The standard InChI is InChI=1S/C13H22N6O2/c1-9-11(19(20)21)12(16-13(14-2)15-9)18(4)8-10-5-6-17(3)7-10/h10H,5-8H2,1-4H3,(H,14,15,16). The molecule has 2 heterocycles. The van der Waals surface area contributed by atoms with Crippen LogP contribution in [-0.4, -0.2) is 60.6 Å². The fraction of sp³-hybridized carbons (Fsp3) is 0.692. The van der Waals surface area contributed by atoms with Crippen molar-refractivity contribution in [2.24, 2.45) is 5.92 Å². The molecule has 1 unspecified atom stereocenters. The molecule has 116 valence electrons. The average Bonchev–Trinajstić information content (AvgIpc) is 2.82. The van der Waals surface area contributed by atoms with Crippen molar-refractivity contribution in [1.29, 1.82) is 0 Å². The van der Waals surface area contributed by atoms with Crippen LogP contribution in [0, 0.1) is 23.0 Å². The van der Waals surface area contributed by atoms with Crippen molar-refractivity contribution in [2.75, 3.05) is 51.0 Å². The molecule has 1 saturated heterocycles. The largest absolute Gasteiger partial charge is 0.357 e. The third-order valence-electron chi connectivity index (χ3n) is 3.83. The number of hydrogen-bond donors (Lipinski definition) is 1. The van der Waals surface area contributed by atoms with E-state index < -0.39 is 4.92 Å². The van der Waals surface area contributed by atoms with Gasteiger partial charge in [0.2, 0.25) is 11.8 Å². The molecule has 0 amide bonds. The van der Waals surface area contributed by atoms with E-state index in [9.17, 15) is 10.1 Å². The Morgan fingerprint density at radius 3 is 2.76 bits per heavy atom. The molecule has 0 aromatic carbocycles. The molecule has 0 spiro atoms. The van der Waals surface area contributed by atoms with E-state index in [0.717, 1.165) is 26.1 Å². The lowest BCUT2D eigenvalue weighted by atomic mass is 10.1. The summed E-state index contributed by atoms with van der Waals surface area (Å²) >= 11 is 0. The summed E-state index contributed by atoms with van der Waals surface area (Å²) in [5.41, 5.74) is 0.368. The number of nitrogens with zero attached hydrogens (tertiary/aromatic N) is 5. The highest BCUT2D eigenvalue weighted by Gasteiger charge is 2.27. The lowest BCUT2D eigenvalue weighted by molar-refractivity contribution is -0.385. The van der Waals surface area contributed by atoms with Crippen LogP contribution in [0.5, 0.6) is 0 Å². The summed E-state index contributed by atoms with van der Waals surface area (Å²) in [6.07, 6.45) is 1.11. The summed E-state index contributed by atoms with van der Waals surface area (Å²) in [5.74, 6) is 1.29. The summed E-state index contributed by atoms with van der Waals surface area (Å²) in [6.45, 7) is 4.48. The van der Waals surface area contributed by atoms with Gasteiger partial charge in [0.25, 0.3) is 0 Å². The predicted octanol–water partition coefficient (Wildman–Crippen LogP) is 1.12. The van der Waals surface area contributed by atoms with E-state index in [1.807, 2.05) is 11.9 Å². The van der Waals surface area contributed by atoms with Gasteiger partial charge in [-0.15, -0.1) is 0 Å². The van der Waals surface area contributed by atoms with Crippen molar-refractivity contribution < 1.29 is 4.92 Å². The number of anilines is 2. The zero-order valence-corrected chi connectivity index (χ0v) is 13.0. The summed E-state index contributed by atoms with van der Waals surface area (Å²) in [4.78, 5) is 23.4. The van der Waals surface area contributed by atoms with Gasteiger partial charge >= 0.3 is 5.69 Å². The van der Waals surface area contributed by atoms with Crippen molar-refractivity contribution in [1.82, 2.24) is 14.9 Å². The number of hydrogen-bond acceptors (Lipinski definition) is 7. The third kappa shape index (κ3) is 3.38. The van der Waals surface area contributed by atoms with Gasteiger partial charge in [-0.3, -0.25) is 10.1 Å². The molecule has 8 heteroatoms. The minimum absolute atomic E-state index is 0.0112. The lowest BCUT2D eigenvalue weighted by Gasteiger charge is -2.22. The van der Waals surface area contributed by atoms with Crippen LogP contribution in [0.25, 0.3) is 0 Å². The molecule has 21 heavy (non-hydrogen) atoms. The summed E-state index contributed by atoms with van der Waals surface area (Å²) in [5, 5.41) is 14.2. The van der Waals surface area contributed by atoms with Gasteiger partial charge in [-0.1, -0.05) is 0 Å². The Labute approximate surface area is 124 Å². The van der Waals surface area contributed by atoms with Gasteiger partial charge in [0.1, 0.15) is 5.69 Å². The van der Waals surface area contributed by atoms with Crippen molar-refractivity contribution in [2.45, 2.75) is 13.3 Å². The van der Waals surface area contributed by atoms with E-state index in [-0.39, 0.29) is 5.69 Å². The fourth-order valence-corrected chi connectivity index (χ4v) is 2.79. The first-order chi connectivity index (χ1) is 9.92. The molecule has 1 aliphatic heterocycles. The number of aromatic nitrogens is 2. The van der Waals surface area contributed by atoms with Crippen LogP contribution >= 0.6 is 0 Å². The highest BCUT2D eigenvalue weighted by Crippen LogP contribution is 2.30. The molecule has 1 atom stereocenters. The zero-order chi connectivity index (χ0) is 15.6. The number of nitrogens with one attached hydrogen (secondary N) is 1. The van der Waals surface area contributed by atoms with E-state index in [4.69, 9.17) is 0 Å². The van der Waals surface area contributed by atoms with Gasteiger partial charge in [0, 0.05) is 27.2 Å². The molecule has 1 aromatic heterocycles. The molecule has 8 nitrogen and oxygen atoms in total. The smallest absolute Gasteiger partial charge is 0.332 e. The molecule has 0 saturated carbocycles. The van der Waals surface area contributed by atoms with Crippen molar-refractivity contribution in [3.63, 3.8) is 0 Å². The first-order valence-corrected chi connectivity index (χ1v) is 7.02.